The molecule has 0 radical (unpaired) electrons. The topological polar surface area (TPSA) is 111 Å². The Kier molecular flexibility index (Phi) is 7.69. The summed E-state index contributed by atoms with van der Waals surface area (Å²) in [5.74, 6) is -3.36. The fourth-order valence-electron chi connectivity index (χ4n) is 4.60. The Morgan fingerprint density at radius 3 is 2.59 bits per heavy atom. The maximum absolute atomic E-state index is 13.7. The number of rotatable bonds is 7. The number of methoxy groups -OCH3 is 1. The van der Waals surface area contributed by atoms with E-state index < -0.39 is 23.8 Å². The van der Waals surface area contributed by atoms with Crippen LogP contribution in [0.25, 0.3) is 0 Å². The summed E-state index contributed by atoms with van der Waals surface area (Å²) in [5.41, 5.74) is 2.46. The maximum Gasteiger partial charge on any atom is 0.337 e. The summed E-state index contributed by atoms with van der Waals surface area (Å²) < 4.78 is 16.1. The molecule has 3 rings (SSSR count). The number of phenolic OH excluding ortho intramolecular Hbond substituents is 1. The quantitative estimate of drug-likeness (QED) is 0.457. The van der Waals surface area contributed by atoms with Gasteiger partial charge >= 0.3 is 11.9 Å². The monoisotopic (exact) mass is 471 g/mol. The second kappa shape index (κ2) is 10.3. The Bertz CT molecular complexity index is 1060. The van der Waals surface area contributed by atoms with Crippen molar-refractivity contribution in [2.75, 3.05) is 13.7 Å². The highest BCUT2D eigenvalue weighted by Gasteiger charge is 2.47. The summed E-state index contributed by atoms with van der Waals surface area (Å²) in [6, 6.07) is 4.76. The van der Waals surface area contributed by atoms with Gasteiger partial charge in [-0.1, -0.05) is 19.9 Å². The zero-order valence-electron chi connectivity index (χ0n) is 20.6. The lowest BCUT2D eigenvalue weighted by atomic mass is 9.69. The van der Waals surface area contributed by atoms with Gasteiger partial charge in [-0.25, -0.2) is 4.79 Å². The Hall–Kier alpha value is -3.29. The molecule has 0 saturated heterocycles. The summed E-state index contributed by atoms with van der Waals surface area (Å²) in [6.07, 6.45) is 0.768. The first kappa shape index (κ1) is 25.3. The average molecular weight is 472 g/mol. The van der Waals surface area contributed by atoms with Gasteiger partial charge in [0.1, 0.15) is 5.92 Å². The molecule has 1 aliphatic heterocycles. The number of dihydropyridines is 1. The van der Waals surface area contributed by atoms with Crippen molar-refractivity contribution < 1.29 is 33.7 Å². The highest BCUT2D eigenvalue weighted by molar-refractivity contribution is 6.12. The van der Waals surface area contributed by atoms with Crippen LogP contribution in [0.4, 0.5) is 0 Å². The Morgan fingerprint density at radius 1 is 1.26 bits per heavy atom. The van der Waals surface area contributed by atoms with Crippen molar-refractivity contribution in [1.29, 1.82) is 0 Å². The molecule has 0 aromatic heterocycles. The van der Waals surface area contributed by atoms with Crippen LogP contribution in [-0.2, 0) is 23.9 Å². The van der Waals surface area contributed by atoms with Gasteiger partial charge in [0.25, 0.3) is 0 Å². The molecule has 1 heterocycles. The van der Waals surface area contributed by atoms with Gasteiger partial charge in [0.2, 0.25) is 0 Å². The molecule has 8 nitrogen and oxygen atoms in total. The lowest BCUT2D eigenvalue weighted by Gasteiger charge is -2.38. The van der Waals surface area contributed by atoms with Crippen LogP contribution >= 0.6 is 0 Å². The molecule has 2 N–H and O–H groups in total. The number of hydrogen-bond donors (Lipinski definition) is 2. The van der Waals surface area contributed by atoms with Crippen LogP contribution in [-0.4, -0.2) is 42.6 Å². The highest BCUT2D eigenvalue weighted by Crippen LogP contribution is 2.46. The zero-order valence-corrected chi connectivity index (χ0v) is 20.6. The van der Waals surface area contributed by atoms with E-state index in [2.05, 4.69) is 5.32 Å². The van der Waals surface area contributed by atoms with Crippen LogP contribution in [0.2, 0.25) is 0 Å². The fraction of sp³-hybridized carbons (Fsp3) is 0.500. The second-order valence-electron chi connectivity index (χ2n) is 8.82. The van der Waals surface area contributed by atoms with Gasteiger partial charge in [-0.05, 0) is 57.2 Å². The number of benzene rings is 1. The smallest absolute Gasteiger partial charge is 0.337 e. The van der Waals surface area contributed by atoms with Crippen molar-refractivity contribution in [2.45, 2.75) is 59.5 Å². The summed E-state index contributed by atoms with van der Waals surface area (Å²) in [4.78, 5) is 39.6. The predicted molar refractivity (Wildman–Crippen MR) is 125 cm³/mol. The third kappa shape index (κ3) is 4.67. The number of esters is 2. The van der Waals surface area contributed by atoms with Crippen molar-refractivity contribution in [3.8, 4) is 11.5 Å². The van der Waals surface area contributed by atoms with Gasteiger partial charge in [-0.2, -0.15) is 0 Å². The number of carbonyl (C=O) groups excluding carboxylic acids is 3. The molecular weight excluding hydrogens is 438 g/mol. The first-order valence-electron chi connectivity index (χ1n) is 11.6. The molecule has 2 aliphatic rings. The third-order valence-electron chi connectivity index (χ3n) is 6.46. The van der Waals surface area contributed by atoms with E-state index in [4.69, 9.17) is 14.2 Å². The molecule has 0 fully saturated rings. The minimum absolute atomic E-state index is 0.0470. The van der Waals surface area contributed by atoms with Crippen LogP contribution in [0, 0.1) is 11.8 Å². The Labute approximate surface area is 200 Å². The predicted octanol–water partition coefficient (Wildman–Crippen LogP) is 3.75. The van der Waals surface area contributed by atoms with E-state index in [0.29, 0.717) is 47.6 Å². The molecule has 1 aromatic rings. The van der Waals surface area contributed by atoms with E-state index >= 15 is 0 Å². The van der Waals surface area contributed by atoms with E-state index in [1.165, 1.54) is 13.2 Å². The van der Waals surface area contributed by atoms with Crippen molar-refractivity contribution in [3.05, 3.63) is 46.3 Å². The van der Waals surface area contributed by atoms with E-state index in [0.717, 1.165) is 0 Å². The van der Waals surface area contributed by atoms with Gasteiger partial charge in [0, 0.05) is 22.9 Å². The molecule has 1 aliphatic carbocycles. The molecule has 34 heavy (non-hydrogen) atoms. The minimum atomic E-state index is -0.971. The van der Waals surface area contributed by atoms with Gasteiger partial charge < -0.3 is 24.6 Å². The van der Waals surface area contributed by atoms with Crippen LogP contribution in [0.15, 0.2) is 40.7 Å². The highest BCUT2D eigenvalue weighted by atomic mass is 16.5. The Balaban J connectivity index is 2.20. The fourth-order valence-corrected chi connectivity index (χ4v) is 4.60. The molecule has 8 heteroatoms. The normalized spacial score (nSPS) is 23.1. The molecule has 0 bridgehead atoms. The number of phenols is 1. The molecule has 0 spiro atoms. The number of ketones is 1. The van der Waals surface area contributed by atoms with Crippen molar-refractivity contribution in [1.82, 2.24) is 5.32 Å². The summed E-state index contributed by atoms with van der Waals surface area (Å²) >= 11 is 0. The van der Waals surface area contributed by atoms with Gasteiger partial charge in [-0.3, -0.25) is 9.59 Å². The largest absolute Gasteiger partial charge is 0.504 e. The van der Waals surface area contributed by atoms with Crippen LogP contribution in [0.5, 0.6) is 11.5 Å². The number of hydrogen-bond acceptors (Lipinski definition) is 8. The van der Waals surface area contributed by atoms with Crippen molar-refractivity contribution in [2.24, 2.45) is 11.8 Å². The zero-order chi connectivity index (χ0) is 25.2. The number of Topliss-reactive ketones (excluding diaryl/α,β-unsaturated/α-hetero) is 1. The molecule has 4 atom stereocenters. The number of ether oxygens (including phenoxy) is 3. The molecule has 0 saturated carbocycles. The van der Waals surface area contributed by atoms with Crippen LogP contribution in [0.3, 0.4) is 0 Å². The lowest BCUT2D eigenvalue weighted by Crippen LogP contribution is -2.43. The average Bonchev–Trinajstić information content (AvgIpc) is 2.79. The molecule has 0 unspecified atom stereocenters. The molecule has 184 valence electrons. The third-order valence-corrected chi connectivity index (χ3v) is 6.46. The molecule has 1 aromatic carbocycles. The SMILES string of the molecule is CCOc1cc([C@H]2C(C(=O)O[C@@H](C)CC)=C(C)NC3=C2C(=O)[C@H](C(=O)OC)[C@H](C)C3)ccc1O. The van der Waals surface area contributed by atoms with E-state index in [-0.39, 0.29) is 29.3 Å². The van der Waals surface area contributed by atoms with E-state index in [9.17, 15) is 19.5 Å². The number of aromatic hydroxyl groups is 1. The van der Waals surface area contributed by atoms with Gasteiger partial charge in [-0.15, -0.1) is 0 Å². The van der Waals surface area contributed by atoms with Crippen LogP contribution < -0.4 is 10.1 Å². The number of nitrogens with one attached hydrogen (secondary N) is 1. The standard InChI is InChI=1S/C26H33NO7/c1-7-14(4)34-26(31)21-15(5)27-17-11-13(3)20(25(30)32-6)24(29)23(17)22(21)16-9-10-18(28)19(12-16)33-8-2/h9-10,12-14,20,22,27-28H,7-8,11H2,1-6H3/t13-,14+,20-,22+/m1/s1. The van der Waals surface area contributed by atoms with Gasteiger partial charge in [0.05, 0.1) is 25.4 Å². The summed E-state index contributed by atoms with van der Waals surface area (Å²) in [7, 11) is 1.26. The maximum atomic E-state index is 13.7. The van der Waals surface area contributed by atoms with E-state index in [1.54, 1.807) is 32.9 Å². The summed E-state index contributed by atoms with van der Waals surface area (Å²) in [5, 5.41) is 13.5. The van der Waals surface area contributed by atoms with Crippen LogP contribution in [0.1, 0.15) is 58.9 Å². The van der Waals surface area contributed by atoms with Crippen molar-refractivity contribution in [3.63, 3.8) is 0 Å². The number of allylic oxidation sites excluding steroid dienone is 3. The summed E-state index contributed by atoms with van der Waals surface area (Å²) in [6.45, 7) is 9.45. The Morgan fingerprint density at radius 2 is 1.97 bits per heavy atom. The minimum Gasteiger partial charge on any atom is -0.504 e. The number of carbonyl (C=O) groups is 3. The first-order chi connectivity index (χ1) is 16.1. The lowest BCUT2D eigenvalue weighted by molar-refractivity contribution is -0.151. The van der Waals surface area contributed by atoms with E-state index in [1.807, 2.05) is 13.8 Å². The molecule has 0 amide bonds. The second-order valence-corrected chi connectivity index (χ2v) is 8.82. The van der Waals surface area contributed by atoms with Gasteiger partial charge in [0.15, 0.2) is 17.3 Å². The molecular formula is C26H33NO7. The van der Waals surface area contributed by atoms with Crippen molar-refractivity contribution >= 4 is 17.7 Å². The first-order valence-corrected chi connectivity index (χ1v) is 11.6.